The second kappa shape index (κ2) is 10.2. The second-order valence-corrected chi connectivity index (χ2v) is 7.26. The SMILES string of the molecule is CC(=O)NCCCCCC(=O)N1CCC(Oc2cc(C)ccc2C)CC1. The molecule has 144 valence electrons. The third-order valence-electron chi connectivity index (χ3n) is 4.87. The average Bonchev–Trinajstić information content (AvgIpc) is 2.61. The van der Waals surface area contributed by atoms with Gasteiger partial charge in [0.2, 0.25) is 11.8 Å². The molecule has 1 aromatic rings. The smallest absolute Gasteiger partial charge is 0.222 e. The van der Waals surface area contributed by atoms with E-state index in [1.807, 2.05) is 4.90 Å². The van der Waals surface area contributed by atoms with Crippen LogP contribution in [0.3, 0.4) is 0 Å². The van der Waals surface area contributed by atoms with E-state index in [4.69, 9.17) is 4.74 Å². The van der Waals surface area contributed by atoms with Crippen molar-refractivity contribution in [3.63, 3.8) is 0 Å². The van der Waals surface area contributed by atoms with Gasteiger partial charge in [0.25, 0.3) is 0 Å². The first-order chi connectivity index (χ1) is 12.5. The Bertz CT molecular complexity index is 607. The Morgan fingerprint density at radius 1 is 1.15 bits per heavy atom. The van der Waals surface area contributed by atoms with E-state index in [0.29, 0.717) is 13.0 Å². The van der Waals surface area contributed by atoms with Gasteiger partial charge in [-0.15, -0.1) is 0 Å². The molecule has 1 saturated heterocycles. The summed E-state index contributed by atoms with van der Waals surface area (Å²) >= 11 is 0. The van der Waals surface area contributed by atoms with E-state index < -0.39 is 0 Å². The van der Waals surface area contributed by atoms with Crippen LogP contribution in [0.4, 0.5) is 0 Å². The van der Waals surface area contributed by atoms with E-state index in [1.54, 1.807) is 0 Å². The zero-order valence-corrected chi connectivity index (χ0v) is 16.3. The Morgan fingerprint density at radius 2 is 1.88 bits per heavy atom. The summed E-state index contributed by atoms with van der Waals surface area (Å²) in [6.45, 7) is 7.92. The Morgan fingerprint density at radius 3 is 2.58 bits per heavy atom. The van der Waals surface area contributed by atoms with Crippen LogP contribution in [0.25, 0.3) is 0 Å². The molecule has 0 spiro atoms. The lowest BCUT2D eigenvalue weighted by molar-refractivity contribution is -0.133. The van der Waals surface area contributed by atoms with Crippen molar-refractivity contribution in [2.45, 2.75) is 65.4 Å². The fourth-order valence-electron chi connectivity index (χ4n) is 3.24. The molecule has 0 radical (unpaired) electrons. The number of likely N-dealkylation sites (tertiary alicyclic amines) is 1. The van der Waals surface area contributed by atoms with Crippen LogP contribution >= 0.6 is 0 Å². The lowest BCUT2D eigenvalue weighted by Gasteiger charge is -2.32. The van der Waals surface area contributed by atoms with Crippen molar-refractivity contribution in [1.29, 1.82) is 0 Å². The van der Waals surface area contributed by atoms with Crippen molar-refractivity contribution in [1.82, 2.24) is 10.2 Å². The number of aryl methyl sites for hydroxylation is 2. The molecule has 0 saturated carbocycles. The highest BCUT2D eigenvalue weighted by molar-refractivity contribution is 5.76. The highest BCUT2D eigenvalue weighted by atomic mass is 16.5. The lowest BCUT2D eigenvalue weighted by atomic mass is 10.1. The van der Waals surface area contributed by atoms with Crippen molar-refractivity contribution in [3.8, 4) is 5.75 Å². The summed E-state index contributed by atoms with van der Waals surface area (Å²) in [5.41, 5.74) is 2.37. The van der Waals surface area contributed by atoms with Gasteiger partial charge in [-0.25, -0.2) is 0 Å². The van der Waals surface area contributed by atoms with Crippen LogP contribution in [-0.4, -0.2) is 42.5 Å². The van der Waals surface area contributed by atoms with Crippen molar-refractivity contribution in [2.75, 3.05) is 19.6 Å². The molecule has 5 heteroatoms. The fraction of sp³-hybridized carbons (Fsp3) is 0.619. The number of amides is 2. The standard InChI is InChI=1S/C21H32N2O3/c1-16-8-9-17(2)20(15-16)26-19-10-13-23(14-11-19)21(25)7-5-4-6-12-22-18(3)24/h8-9,15,19H,4-7,10-14H2,1-3H3,(H,22,24). The number of hydrogen-bond donors (Lipinski definition) is 1. The Hall–Kier alpha value is -2.04. The number of unbranched alkanes of at least 4 members (excludes halogenated alkanes) is 2. The number of rotatable bonds is 8. The summed E-state index contributed by atoms with van der Waals surface area (Å²) in [6, 6.07) is 6.28. The molecule has 0 aromatic heterocycles. The van der Waals surface area contributed by atoms with E-state index in [1.165, 1.54) is 12.5 Å². The third kappa shape index (κ3) is 6.70. The summed E-state index contributed by atoms with van der Waals surface area (Å²) in [7, 11) is 0. The highest BCUT2D eigenvalue weighted by Gasteiger charge is 2.23. The number of ether oxygens (including phenoxy) is 1. The van der Waals surface area contributed by atoms with Crippen LogP contribution in [0, 0.1) is 13.8 Å². The van der Waals surface area contributed by atoms with Crippen molar-refractivity contribution >= 4 is 11.8 Å². The molecular weight excluding hydrogens is 328 g/mol. The molecule has 5 nitrogen and oxygen atoms in total. The van der Waals surface area contributed by atoms with Gasteiger partial charge in [0.15, 0.2) is 0 Å². The zero-order valence-electron chi connectivity index (χ0n) is 16.3. The zero-order chi connectivity index (χ0) is 18.9. The van der Waals surface area contributed by atoms with Crippen molar-refractivity contribution in [2.24, 2.45) is 0 Å². The molecule has 1 aliphatic rings. The number of hydrogen-bond acceptors (Lipinski definition) is 3. The number of nitrogens with zero attached hydrogens (tertiary/aromatic N) is 1. The number of piperidine rings is 1. The van der Waals surface area contributed by atoms with E-state index in [-0.39, 0.29) is 17.9 Å². The van der Waals surface area contributed by atoms with Gasteiger partial charge in [-0.05, 0) is 43.9 Å². The maximum absolute atomic E-state index is 12.3. The molecule has 26 heavy (non-hydrogen) atoms. The van der Waals surface area contributed by atoms with E-state index in [2.05, 4.69) is 37.4 Å². The van der Waals surface area contributed by atoms with Crippen molar-refractivity contribution < 1.29 is 14.3 Å². The molecule has 0 atom stereocenters. The first-order valence-corrected chi connectivity index (χ1v) is 9.72. The Balaban J connectivity index is 1.65. The molecular formula is C21H32N2O3. The first-order valence-electron chi connectivity index (χ1n) is 9.72. The molecule has 0 unspecified atom stereocenters. The highest BCUT2D eigenvalue weighted by Crippen LogP contribution is 2.24. The molecule has 2 rings (SSSR count). The van der Waals surface area contributed by atoms with Gasteiger partial charge in [0, 0.05) is 45.8 Å². The minimum absolute atomic E-state index is 0.00650. The third-order valence-corrected chi connectivity index (χ3v) is 4.87. The van der Waals surface area contributed by atoms with Gasteiger partial charge in [-0.2, -0.15) is 0 Å². The molecule has 1 aliphatic heterocycles. The lowest BCUT2D eigenvalue weighted by Crippen LogP contribution is -2.41. The van der Waals surface area contributed by atoms with E-state index in [9.17, 15) is 9.59 Å². The van der Waals surface area contributed by atoms with E-state index in [0.717, 1.165) is 56.5 Å². The van der Waals surface area contributed by atoms with Gasteiger partial charge < -0.3 is 15.0 Å². The van der Waals surface area contributed by atoms with Crippen LogP contribution < -0.4 is 10.1 Å². The summed E-state index contributed by atoms with van der Waals surface area (Å²) in [5.74, 6) is 1.22. The van der Waals surface area contributed by atoms with Crippen LogP contribution in [0.2, 0.25) is 0 Å². The quantitative estimate of drug-likeness (QED) is 0.723. The summed E-state index contributed by atoms with van der Waals surface area (Å²) < 4.78 is 6.17. The minimum Gasteiger partial charge on any atom is -0.490 e. The largest absolute Gasteiger partial charge is 0.490 e. The van der Waals surface area contributed by atoms with Gasteiger partial charge in [-0.1, -0.05) is 18.6 Å². The molecule has 1 N–H and O–H groups in total. The molecule has 2 amide bonds. The number of nitrogens with one attached hydrogen (secondary N) is 1. The van der Waals surface area contributed by atoms with Gasteiger partial charge in [-0.3, -0.25) is 9.59 Å². The molecule has 0 aliphatic carbocycles. The normalized spacial score (nSPS) is 15.0. The van der Waals surface area contributed by atoms with Gasteiger partial charge >= 0.3 is 0 Å². The summed E-state index contributed by atoms with van der Waals surface area (Å²) in [4.78, 5) is 25.1. The second-order valence-electron chi connectivity index (χ2n) is 7.26. The van der Waals surface area contributed by atoms with Crippen molar-refractivity contribution in [3.05, 3.63) is 29.3 Å². The molecule has 1 heterocycles. The van der Waals surface area contributed by atoms with Crippen LogP contribution in [0.1, 0.15) is 56.6 Å². The Kier molecular flexibility index (Phi) is 7.95. The van der Waals surface area contributed by atoms with Gasteiger partial charge in [0.1, 0.15) is 11.9 Å². The summed E-state index contributed by atoms with van der Waals surface area (Å²) in [5, 5.41) is 2.78. The van der Waals surface area contributed by atoms with Crippen LogP contribution in [0.15, 0.2) is 18.2 Å². The molecule has 1 fully saturated rings. The number of carbonyl (C=O) groups excluding carboxylic acids is 2. The predicted octanol–water partition coefficient (Wildman–Crippen LogP) is 3.37. The maximum atomic E-state index is 12.3. The van der Waals surface area contributed by atoms with E-state index >= 15 is 0 Å². The fourth-order valence-corrected chi connectivity index (χ4v) is 3.24. The van der Waals surface area contributed by atoms with Gasteiger partial charge in [0.05, 0.1) is 0 Å². The molecule has 1 aromatic carbocycles. The topological polar surface area (TPSA) is 58.6 Å². The average molecular weight is 360 g/mol. The summed E-state index contributed by atoms with van der Waals surface area (Å²) in [6.07, 6.45) is 5.36. The minimum atomic E-state index is 0.00650. The predicted molar refractivity (Wildman–Crippen MR) is 103 cm³/mol. The van der Waals surface area contributed by atoms with Crippen LogP contribution in [0.5, 0.6) is 5.75 Å². The Labute approximate surface area is 157 Å². The van der Waals surface area contributed by atoms with Crippen LogP contribution in [-0.2, 0) is 9.59 Å². The monoisotopic (exact) mass is 360 g/mol. The number of benzene rings is 1. The number of carbonyl (C=O) groups is 2. The maximum Gasteiger partial charge on any atom is 0.222 e. The first kappa shape index (κ1) is 20.3. The molecule has 0 bridgehead atoms.